The highest BCUT2D eigenvalue weighted by molar-refractivity contribution is 6.04. The smallest absolute Gasteiger partial charge is 0.255 e. The van der Waals surface area contributed by atoms with Gasteiger partial charge in [0.15, 0.2) is 5.65 Å². The van der Waals surface area contributed by atoms with Crippen LogP contribution in [0.25, 0.3) is 11.2 Å². The molecule has 0 bridgehead atoms. The number of fused-ring (bicyclic) bond motifs is 1. The van der Waals surface area contributed by atoms with Gasteiger partial charge in [-0.2, -0.15) is 0 Å². The Morgan fingerprint density at radius 2 is 2.23 bits per heavy atom. The third kappa shape index (κ3) is 3.40. The molecule has 0 saturated carbocycles. The molecule has 138 valence electrons. The molecule has 2 amide bonds. The van der Waals surface area contributed by atoms with Crippen molar-refractivity contribution in [2.24, 2.45) is 5.92 Å². The highest BCUT2D eigenvalue weighted by atomic mass is 16.2. The fourth-order valence-corrected chi connectivity index (χ4v) is 3.34. The summed E-state index contributed by atoms with van der Waals surface area (Å²) in [5.41, 5.74) is 1.57. The van der Waals surface area contributed by atoms with Crippen molar-refractivity contribution in [1.29, 1.82) is 0 Å². The molecule has 1 fully saturated rings. The third-order valence-corrected chi connectivity index (χ3v) is 4.75. The maximum absolute atomic E-state index is 12.2. The number of carbonyl (C=O) groups excluding carboxylic acids is 2. The predicted octanol–water partition coefficient (Wildman–Crippen LogP) is 1.54. The standard InChI is InChI=1S/C18H24N6O2/c1-4-11-9-24(15(25)5-2)10-13(11)22-14-8-21-17-16(23-14)12(7-20-17)18(26)19-6-3/h5,7-8,11,13H,2,4,6,9-10H2,1,3H3,(H,19,26)(H,20,21)(H,22,23). The summed E-state index contributed by atoms with van der Waals surface area (Å²) < 4.78 is 0. The van der Waals surface area contributed by atoms with Gasteiger partial charge < -0.3 is 20.5 Å². The van der Waals surface area contributed by atoms with Crippen LogP contribution in [0.15, 0.2) is 25.0 Å². The molecular formula is C18H24N6O2. The van der Waals surface area contributed by atoms with Crippen LogP contribution in [0, 0.1) is 5.92 Å². The van der Waals surface area contributed by atoms with Crippen LogP contribution in [0.4, 0.5) is 5.82 Å². The minimum absolute atomic E-state index is 0.0570. The Morgan fingerprint density at radius 1 is 1.42 bits per heavy atom. The number of hydrogen-bond acceptors (Lipinski definition) is 5. The number of rotatable bonds is 6. The van der Waals surface area contributed by atoms with Crippen LogP contribution in [-0.4, -0.2) is 57.3 Å². The van der Waals surface area contributed by atoms with Crippen molar-refractivity contribution < 1.29 is 9.59 Å². The van der Waals surface area contributed by atoms with E-state index in [4.69, 9.17) is 0 Å². The van der Waals surface area contributed by atoms with Crippen LogP contribution in [-0.2, 0) is 4.79 Å². The molecule has 8 nitrogen and oxygen atoms in total. The first-order valence-corrected chi connectivity index (χ1v) is 8.87. The number of anilines is 1. The first-order chi connectivity index (χ1) is 12.6. The van der Waals surface area contributed by atoms with Gasteiger partial charge >= 0.3 is 0 Å². The molecule has 0 spiro atoms. The second-order valence-electron chi connectivity index (χ2n) is 6.38. The maximum atomic E-state index is 12.2. The summed E-state index contributed by atoms with van der Waals surface area (Å²) in [5, 5.41) is 6.16. The number of likely N-dealkylation sites (tertiary alicyclic amines) is 1. The minimum Gasteiger partial charge on any atom is -0.364 e. The van der Waals surface area contributed by atoms with Crippen molar-refractivity contribution in [3.05, 3.63) is 30.6 Å². The number of amides is 2. The molecule has 3 heterocycles. The van der Waals surface area contributed by atoms with E-state index < -0.39 is 0 Å². The van der Waals surface area contributed by atoms with Crippen molar-refractivity contribution in [1.82, 2.24) is 25.2 Å². The van der Waals surface area contributed by atoms with Crippen LogP contribution in [0.3, 0.4) is 0 Å². The van der Waals surface area contributed by atoms with E-state index in [-0.39, 0.29) is 17.9 Å². The summed E-state index contributed by atoms with van der Waals surface area (Å²) in [7, 11) is 0. The zero-order chi connectivity index (χ0) is 18.7. The van der Waals surface area contributed by atoms with E-state index in [0.717, 1.165) is 6.42 Å². The molecule has 0 aliphatic carbocycles. The fraction of sp³-hybridized carbons (Fsp3) is 0.444. The van der Waals surface area contributed by atoms with Crippen molar-refractivity contribution in [2.45, 2.75) is 26.3 Å². The number of nitrogens with zero attached hydrogens (tertiary/aromatic N) is 3. The Labute approximate surface area is 152 Å². The fourth-order valence-electron chi connectivity index (χ4n) is 3.34. The van der Waals surface area contributed by atoms with E-state index >= 15 is 0 Å². The van der Waals surface area contributed by atoms with Gasteiger partial charge in [-0.25, -0.2) is 9.97 Å². The molecule has 2 unspecified atom stereocenters. The summed E-state index contributed by atoms with van der Waals surface area (Å²) in [4.78, 5) is 37.7. The van der Waals surface area contributed by atoms with Crippen LogP contribution in [0.5, 0.6) is 0 Å². The highest BCUT2D eigenvalue weighted by Crippen LogP contribution is 2.24. The van der Waals surface area contributed by atoms with Gasteiger partial charge in [0.05, 0.1) is 11.8 Å². The summed E-state index contributed by atoms with van der Waals surface area (Å²) in [6.45, 7) is 9.37. The average molecular weight is 356 g/mol. The normalized spacial score (nSPS) is 19.5. The zero-order valence-electron chi connectivity index (χ0n) is 15.1. The van der Waals surface area contributed by atoms with Crippen molar-refractivity contribution in [2.75, 3.05) is 25.0 Å². The lowest BCUT2D eigenvalue weighted by atomic mass is 10.0. The Bertz CT molecular complexity index is 830. The van der Waals surface area contributed by atoms with Crippen LogP contribution < -0.4 is 10.6 Å². The van der Waals surface area contributed by atoms with Gasteiger partial charge in [-0.3, -0.25) is 9.59 Å². The van der Waals surface area contributed by atoms with E-state index in [9.17, 15) is 9.59 Å². The summed E-state index contributed by atoms with van der Waals surface area (Å²) in [5.74, 6) is 0.684. The van der Waals surface area contributed by atoms with Gasteiger partial charge in [-0.05, 0) is 25.3 Å². The molecule has 1 aliphatic heterocycles. The Hall–Kier alpha value is -2.90. The lowest BCUT2D eigenvalue weighted by molar-refractivity contribution is -0.125. The van der Waals surface area contributed by atoms with Gasteiger partial charge in [0.25, 0.3) is 5.91 Å². The van der Waals surface area contributed by atoms with E-state index in [1.807, 2.05) is 6.92 Å². The van der Waals surface area contributed by atoms with Crippen molar-refractivity contribution in [3.63, 3.8) is 0 Å². The van der Waals surface area contributed by atoms with E-state index in [2.05, 4.69) is 39.1 Å². The minimum atomic E-state index is -0.180. The number of carbonyl (C=O) groups is 2. The number of H-pyrrole nitrogens is 1. The third-order valence-electron chi connectivity index (χ3n) is 4.75. The molecule has 0 radical (unpaired) electrons. The first kappa shape index (κ1) is 17.9. The van der Waals surface area contributed by atoms with Crippen LogP contribution in [0.1, 0.15) is 30.6 Å². The van der Waals surface area contributed by atoms with E-state index in [1.165, 1.54) is 6.08 Å². The predicted molar refractivity (Wildman–Crippen MR) is 99.9 cm³/mol. The summed E-state index contributed by atoms with van der Waals surface area (Å²) >= 11 is 0. The Morgan fingerprint density at radius 3 is 2.92 bits per heavy atom. The highest BCUT2D eigenvalue weighted by Gasteiger charge is 2.33. The second-order valence-corrected chi connectivity index (χ2v) is 6.38. The molecule has 8 heteroatoms. The Balaban J connectivity index is 1.82. The van der Waals surface area contributed by atoms with Crippen LogP contribution >= 0.6 is 0 Å². The summed E-state index contributed by atoms with van der Waals surface area (Å²) in [6, 6.07) is 0.0857. The quantitative estimate of drug-likeness (QED) is 0.681. The molecule has 2 aromatic heterocycles. The maximum Gasteiger partial charge on any atom is 0.255 e. The molecule has 3 rings (SSSR count). The lowest BCUT2D eigenvalue weighted by Gasteiger charge is -2.18. The Kier molecular flexibility index (Phi) is 5.20. The molecule has 3 N–H and O–H groups in total. The molecule has 2 aromatic rings. The largest absolute Gasteiger partial charge is 0.364 e. The monoisotopic (exact) mass is 356 g/mol. The number of hydrogen-bond donors (Lipinski definition) is 3. The van der Waals surface area contributed by atoms with Crippen molar-refractivity contribution in [3.8, 4) is 0 Å². The number of aromatic amines is 1. The van der Waals surface area contributed by atoms with E-state index in [0.29, 0.717) is 48.1 Å². The molecule has 1 saturated heterocycles. The number of aromatic nitrogens is 3. The van der Waals surface area contributed by atoms with Gasteiger partial charge in [0, 0.05) is 31.9 Å². The summed E-state index contributed by atoms with van der Waals surface area (Å²) in [6.07, 6.45) is 5.56. The molecule has 1 aliphatic rings. The molecular weight excluding hydrogens is 332 g/mol. The molecule has 26 heavy (non-hydrogen) atoms. The van der Waals surface area contributed by atoms with Crippen molar-refractivity contribution >= 4 is 28.8 Å². The van der Waals surface area contributed by atoms with E-state index in [1.54, 1.807) is 17.3 Å². The SMILES string of the molecule is C=CC(=O)N1CC(CC)C(Nc2cnc3[nH]cc(C(=O)NCC)c3n2)C1. The first-order valence-electron chi connectivity index (χ1n) is 8.87. The molecule has 2 atom stereocenters. The zero-order valence-corrected chi connectivity index (χ0v) is 15.1. The van der Waals surface area contributed by atoms with Crippen LogP contribution in [0.2, 0.25) is 0 Å². The topological polar surface area (TPSA) is 103 Å². The van der Waals surface area contributed by atoms with Gasteiger partial charge in [-0.15, -0.1) is 0 Å². The average Bonchev–Trinajstić information content (AvgIpc) is 3.25. The lowest BCUT2D eigenvalue weighted by Crippen LogP contribution is -2.31. The van der Waals surface area contributed by atoms with Gasteiger partial charge in [0.1, 0.15) is 11.3 Å². The number of nitrogens with one attached hydrogen (secondary N) is 3. The van der Waals surface area contributed by atoms with Gasteiger partial charge in [-0.1, -0.05) is 13.5 Å². The second kappa shape index (κ2) is 7.55. The van der Waals surface area contributed by atoms with Gasteiger partial charge in [0.2, 0.25) is 5.91 Å². The molecule has 0 aromatic carbocycles.